The Hall–Kier alpha value is -2.69. The highest BCUT2D eigenvalue weighted by atomic mass is 16.5. The average Bonchev–Trinajstić information content (AvgIpc) is 2.64. The number of carbonyl (C=O) groups is 1. The molecule has 0 unspecified atom stereocenters. The molecule has 0 spiro atoms. The zero-order chi connectivity index (χ0) is 18.1. The molecule has 0 aromatic heterocycles. The van der Waals surface area contributed by atoms with Crippen molar-refractivity contribution in [2.45, 2.75) is 26.4 Å². The number of benzene rings is 2. The zero-order valence-electron chi connectivity index (χ0n) is 15.0. The molecular weight excluding hydrogens is 318 g/mol. The van der Waals surface area contributed by atoms with Crippen molar-refractivity contribution in [2.24, 2.45) is 0 Å². The molecule has 0 aliphatic heterocycles. The van der Waals surface area contributed by atoms with Crippen molar-refractivity contribution >= 4 is 5.91 Å². The molecule has 0 saturated heterocycles. The molecule has 1 N–H and O–H groups in total. The lowest BCUT2D eigenvalue weighted by Crippen LogP contribution is -2.39. The third-order valence-electron chi connectivity index (χ3n) is 3.75. The first kappa shape index (κ1) is 18.6. The highest BCUT2D eigenvalue weighted by molar-refractivity contribution is 5.81. The van der Waals surface area contributed by atoms with E-state index in [-0.39, 0.29) is 5.91 Å². The predicted molar refractivity (Wildman–Crippen MR) is 97.4 cm³/mol. The van der Waals surface area contributed by atoms with E-state index in [9.17, 15) is 4.79 Å². The van der Waals surface area contributed by atoms with Crippen LogP contribution in [0.5, 0.6) is 17.2 Å². The van der Waals surface area contributed by atoms with Crippen molar-refractivity contribution in [1.29, 1.82) is 0 Å². The number of nitrogens with one attached hydrogen (secondary N) is 1. The first-order valence-corrected chi connectivity index (χ1v) is 8.41. The molecule has 0 fully saturated rings. The molecular formula is C20H25NO4. The minimum atomic E-state index is -0.574. The number of para-hydroxylation sites is 3. The molecule has 0 saturated carbocycles. The van der Waals surface area contributed by atoms with Gasteiger partial charge in [-0.05, 0) is 37.1 Å². The van der Waals surface area contributed by atoms with E-state index in [2.05, 4.69) is 5.32 Å². The van der Waals surface area contributed by atoms with E-state index in [0.717, 1.165) is 11.3 Å². The number of methoxy groups -OCH3 is 1. The van der Waals surface area contributed by atoms with E-state index in [1.165, 1.54) is 0 Å². The van der Waals surface area contributed by atoms with Crippen LogP contribution in [0.2, 0.25) is 0 Å². The lowest BCUT2D eigenvalue weighted by atomic mass is 10.2. The SMILES string of the molecule is CC[C@@H](Oc1ccccc1OC)C(=O)NCCOc1ccccc1C. The second kappa shape index (κ2) is 9.57. The molecule has 25 heavy (non-hydrogen) atoms. The van der Waals surface area contributed by atoms with E-state index in [0.29, 0.717) is 31.1 Å². The van der Waals surface area contributed by atoms with Gasteiger partial charge in [0.1, 0.15) is 12.4 Å². The highest BCUT2D eigenvalue weighted by Gasteiger charge is 2.19. The quantitative estimate of drug-likeness (QED) is 0.710. The summed E-state index contributed by atoms with van der Waals surface area (Å²) in [5, 5.41) is 2.85. The maximum absolute atomic E-state index is 12.3. The Morgan fingerprint density at radius 2 is 1.68 bits per heavy atom. The molecule has 2 aromatic rings. The van der Waals surface area contributed by atoms with Crippen LogP contribution in [-0.2, 0) is 4.79 Å². The second-order valence-corrected chi connectivity index (χ2v) is 5.57. The lowest BCUT2D eigenvalue weighted by Gasteiger charge is -2.19. The number of hydrogen-bond donors (Lipinski definition) is 1. The Morgan fingerprint density at radius 1 is 1.04 bits per heavy atom. The molecule has 0 heterocycles. The van der Waals surface area contributed by atoms with Crippen LogP contribution in [0.3, 0.4) is 0 Å². The molecule has 1 amide bonds. The third-order valence-corrected chi connectivity index (χ3v) is 3.75. The van der Waals surface area contributed by atoms with Crippen LogP contribution in [0.15, 0.2) is 48.5 Å². The van der Waals surface area contributed by atoms with E-state index in [1.54, 1.807) is 19.2 Å². The van der Waals surface area contributed by atoms with Crippen molar-refractivity contribution in [3.8, 4) is 17.2 Å². The number of hydrogen-bond acceptors (Lipinski definition) is 4. The van der Waals surface area contributed by atoms with Gasteiger partial charge in [0, 0.05) is 0 Å². The van der Waals surface area contributed by atoms with Crippen molar-refractivity contribution in [1.82, 2.24) is 5.32 Å². The summed E-state index contributed by atoms with van der Waals surface area (Å²) in [7, 11) is 1.58. The number of carbonyl (C=O) groups excluding carboxylic acids is 1. The summed E-state index contributed by atoms with van der Waals surface area (Å²) >= 11 is 0. The Balaban J connectivity index is 1.82. The monoisotopic (exact) mass is 343 g/mol. The van der Waals surface area contributed by atoms with Gasteiger partial charge in [0.15, 0.2) is 17.6 Å². The third kappa shape index (κ3) is 5.41. The molecule has 0 aliphatic carbocycles. The van der Waals surface area contributed by atoms with Crippen LogP contribution in [0.4, 0.5) is 0 Å². The van der Waals surface area contributed by atoms with Crippen LogP contribution in [0.1, 0.15) is 18.9 Å². The van der Waals surface area contributed by atoms with Gasteiger partial charge in [-0.15, -0.1) is 0 Å². The van der Waals surface area contributed by atoms with Gasteiger partial charge < -0.3 is 19.5 Å². The van der Waals surface area contributed by atoms with Crippen LogP contribution in [0.25, 0.3) is 0 Å². The van der Waals surface area contributed by atoms with E-state index in [4.69, 9.17) is 14.2 Å². The molecule has 0 aliphatic rings. The maximum Gasteiger partial charge on any atom is 0.261 e. The normalized spacial score (nSPS) is 11.5. The van der Waals surface area contributed by atoms with Gasteiger partial charge in [-0.1, -0.05) is 37.3 Å². The molecule has 5 nitrogen and oxygen atoms in total. The average molecular weight is 343 g/mol. The first-order valence-electron chi connectivity index (χ1n) is 8.41. The highest BCUT2D eigenvalue weighted by Crippen LogP contribution is 2.27. The van der Waals surface area contributed by atoms with Crippen LogP contribution < -0.4 is 19.5 Å². The van der Waals surface area contributed by atoms with Gasteiger partial charge in [-0.3, -0.25) is 4.79 Å². The summed E-state index contributed by atoms with van der Waals surface area (Å²) in [6.07, 6.45) is -0.0162. The minimum absolute atomic E-state index is 0.165. The Labute approximate surface area is 148 Å². The van der Waals surface area contributed by atoms with Gasteiger partial charge in [0.25, 0.3) is 5.91 Å². The number of amides is 1. The van der Waals surface area contributed by atoms with Crippen molar-refractivity contribution in [3.05, 3.63) is 54.1 Å². The lowest BCUT2D eigenvalue weighted by molar-refractivity contribution is -0.128. The molecule has 0 bridgehead atoms. The molecule has 2 aromatic carbocycles. The van der Waals surface area contributed by atoms with Crippen molar-refractivity contribution in [2.75, 3.05) is 20.3 Å². The standard InChI is InChI=1S/C20H25NO4/c1-4-16(25-19-12-8-7-11-18(19)23-3)20(22)21-13-14-24-17-10-6-5-9-15(17)2/h5-12,16H,4,13-14H2,1-3H3,(H,21,22)/t16-/m1/s1. The summed E-state index contributed by atoms with van der Waals surface area (Å²) < 4.78 is 16.7. The van der Waals surface area contributed by atoms with Crippen LogP contribution in [-0.4, -0.2) is 32.3 Å². The van der Waals surface area contributed by atoms with E-state index in [1.807, 2.05) is 50.2 Å². The summed E-state index contributed by atoms with van der Waals surface area (Å²) in [4.78, 5) is 12.3. The van der Waals surface area contributed by atoms with Crippen molar-refractivity contribution < 1.29 is 19.0 Å². The van der Waals surface area contributed by atoms with Crippen LogP contribution in [0, 0.1) is 6.92 Å². The Bertz CT molecular complexity index is 687. The molecule has 1 atom stereocenters. The smallest absolute Gasteiger partial charge is 0.261 e. The van der Waals surface area contributed by atoms with Gasteiger partial charge >= 0.3 is 0 Å². The Kier molecular flexibility index (Phi) is 7.14. The summed E-state index contributed by atoms with van der Waals surface area (Å²) in [5.41, 5.74) is 1.07. The fourth-order valence-electron chi connectivity index (χ4n) is 2.36. The summed E-state index contributed by atoms with van der Waals surface area (Å²) in [5.74, 6) is 1.83. The zero-order valence-corrected chi connectivity index (χ0v) is 15.0. The largest absolute Gasteiger partial charge is 0.493 e. The molecule has 2 rings (SSSR count). The van der Waals surface area contributed by atoms with Crippen LogP contribution >= 0.6 is 0 Å². The Morgan fingerprint density at radius 3 is 2.32 bits per heavy atom. The fraction of sp³-hybridized carbons (Fsp3) is 0.350. The second-order valence-electron chi connectivity index (χ2n) is 5.57. The summed E-state index contributed by atoms with van der Waals surface area (Å²) in [6, 6.07) is 15.1. The number of aryl methyl sites for hydroxylation is 1. The fourth-order valence-corrected chi connectivity index (χ4v) is 2.36. The van der Waals surface area contributed by atoms with Crippen molar-refractivity contribution in [3.63, 3.8) is 0 Å². The van der Waals surface area contributed by atoms with Gasteiger partial charge in [-0.2, -0.15) is 0 Å². The number of rotatable bonds is 9. The van der Waals surface area contributed by atoms with Gasteiger partial charge in [0.05, 0.1) is 13.7 Å². The van der Waals surface area contributed by atoms with E-state index < -0.39 is 6.10 Å². The first-order chi connectivity index (χ1) is 12.2. The number of ether oxygens (including phenoxy) is 3. The maximum atomic E-state index is 12.3. The molecule has 134 valence electrons. The van der Waals surface area contributed by atoms with Gasteiger partial charge in [-0.25, -0.2) is 0 Å². The van der Waals surface area contributed by atoms with Gasteiger partial charge in [0.2, 0.25) is 0 Å². The van der Waals surface area contributed by atoms with E-state index >= 15 is 0 Å². The molecule has 5 heteroatoms. The predicted octanol–water partition coefficient (Wildman–Crippen LogP) is 3.36. The minimum Gasteiger partial charge on any atom is -0.493 e. The topological polar surface area (TPSA) is 56.8 Å². The summed E-state index contributed by atoms with van der Waals surface area (Å²) in [6.45, 7) is 4.71. The molecule has 0 radical (unpaired) electrons.